The van der Waals surface area contributed by atoms with Crippen molar-refractivity contribution in [2.45, 2.75) is 23.6 Å². The fraction of sp³-hybridized carbons (Fsp3) is 0.111. The lowest BCUT2D eigenvalue weighted by molar-refractivity contribution is 0.480. The average Bonchev–Trinajstić information content (AvgIpc) is 3.15. The number of rotatable bonds is 10. The SMILES string of the molecule is CCN=c1[nH]c(=Nc2ccccc2)[nH]c(=Nc2ccc(C=Cc3ccc(N=c4[nH]c(=NCC)[nH]c(=Nc5ccccc5)[nH]4)cc3S(=O)(=O)O)c(S(=O)(=O)O)c2)[nH]1. The summed E-state index contributed by atoms with van der Waals surface area (Å²) < 4.78 is 70.6. The summed E-state index contributed by atoms with van der Waals surface area (Å²) in [6.07, 6.45) is 2.56. The zero-order valence-electron chi connectivity index (χ0n) is 29.8. The van der Waals surface area contributed by atoms with Crippen molar-refractivity contribution < 1.29 is 25.9 Å². The Bertz CT molecular complexity index is 2860. The fourth-order valence-corrected chi connectivity index (χ4v) is 6.57. The van der Waals surface area contributed by atoms with E-state index in [1.165, 1.54) is 36.4 Å². The Kier molecular flexibility index (Phi) is 11.9. The van der Waals surface area contributed by atoms with Gasteiger partial charge in [-0.05, 0) is 73.5 Å². The molecule has 56 heavy (non-hydrogen) atoms. The Morgan fingerprint density at radius 1 is 0.464 bits per heavy atom. The van der Waals surface area contributed by atoms with Gasteiger partial charge < -0.3 is 0 Å². The number of hydrogen-bond acceptors (Lipinski definition) is 10. The molecule has 2 heterocycles. The first-order valence-electron chi connectivity index (χ1n) is 16.9. The summed E-state index contributed by atoms with van der Waals surface area (Å²) in [6.45, 7) is 4.57. The van der Waals surface area contributed by atoms with Gasteiger partial charge in [-0.2, -0.15) is 16.8 Å². The third-order valence-corrected chi connectivity index (χ3v) is 9.34. The number of nitrogens with zero attached hydrogens (tertiary/aromatic N) is 6. The maximum absolute atomic E-state index is 12.6. The lowest BCUT2D eigenvalue weighted by atomic mass is 10.1. The summed E-state index contributed by atoms with van der Waals surface area (Å²) in [5.41, 5.74) is 3.22. The first-order valence-corrected chi connectivity index (χ1v) is 19.8. The lowest BCUT2D eigenvalue weighted by Crippen LogP contribution is -2.37. The van der Waals surface area contributed by atoms with Crippen LogP contribution in [0.15, 0.2) is 137 Å². The van der Waals surface area contributed by atoms with Gasteiger partial charge in [0.2, 0.25) is 33.7 Å². The molecule has 0 aliphatic carbocycles. The topological polar surface area (TPSA) is 278 Å². The van der Waals surface area contributed by atoms with Crippen molar-refractivity contribution in [2.75, 3.05) is 13.1 Å². The average molecular weight is 797 g/mol. The molecule has 0 spiro atoms. The van der Waals surface area contributed by atoms with Crippen LogP contribution in [0.5, 0.6) is 0 Å². The summed E-state index contributed by atoms with van der Waals surface area (Å²) in [4.78, 5) is 43.5. The zero-order chi connectivity index (χ0) is 39.7. The van der Waals surface area contributed by atoms with Gasteiger partial charge in [0, 0.05) is 13.1 Å². The molecule has 0 aliphatic heterocycles. The largest absolute Gasteiger partial charge is 0.296 e. The first kappa shape index (κ1) is 39.0. The molecule has 0 aliphatic rings. The molecule has 0 unspecified atom stereocenters. The van der Waals surface area contributed by atoms with Crippen molar-refractivity contribution in [3.05, 3.63) is 142 Å². The summed E-state index contributed by atoms with van der Waals surface area (Å²) in [6, 6.07) is 26.3. The second kappa shape index (κ2) is 17.2. The van der Waals surface area contributed by atoms with Crippen molar-refractivity contribution in [1.29, 1.82) is 0 Å². The smallest absolute Gasteiger partial charge is 0.295 e. The molecule has 2 aromatic heterocycles. The van der Waals surface area contributed by atoms with Crippen LogP contribution < -0.4 is 33.7 Å². The third kappa shape index (κ3) is 10.5. The molecule has 20 heteroatoms. The van der Waals surface area contributed by atoms with E-state index < -0.39 is 30.0 Å². The van der Waals surface area contributed by atoms with Crippen LogP contribution in [-0.2, 0) is 20.2 Å². The molecule has 0 saturated carbocycles. The fourth-order valence-electron chi connectivity index (χ4n) is 5.17. The minimum Gasteiger partial charge on any atom is -0.296 e. The molecule has 288 valence electrons. The van der Waals surface area contributed by atoms with E-state index in [4.69, 9.17) is 0 Å². The molecular formula is C36H36N12O6S2. The van der Waals surface area contributed by atoms with Gasteiger partial charge in [0.05, 0.1) is 22.7 Å². The number of para-hydroxylation sites is 2. The van der Waals surface area contributed by atoms with Crippen LogP contribution in [0.2, 0.25) is 0 Å². The number of aromatic amines is 6. The quantitative estimate of drug-likeness (QED) is 0.0761. The number of benzene rings is 4. The summed E-state index contributed by atoms with van der Waals surface area (Å²) in [5.74, 6) is 0. The number of nitrogens with one attached hydrogen (secondary N) is 6. The van der Waals surface area contributed by atoms with Crippen LogP contribution in [0, 0.1) is 0 Å². The van der Waals surface area contributed by atoms with Gasteiger partial charge in [0.15, 0.2) is 0 Å². The molecule has 0 saturated heterocycles. The van der Waals surface area contributed by atoms with Crippen LogP contribution in [0.3, 0.4) is 0 Å². The summed E-state index contributed by atoms with van der Waals surface area (Å²) in [5, 5.41) is 0. The highest BCUT2D eigenvalue weighted by Crippen LogP contribution is 2.27. The van der Waals surface area contributed by atoms with Gasteiger partial charge >= 0.3 is 0 Å². The van der Waals surface area contributed by atoms with Gasteiger partial charge in [0.25, 0.3) is 20.2 Å². The molecule has 6 aromatic rings. The maximum atomic E-state index is 12.6. The molecule has 18 nitrogen and oxygen atoms in total. The van der Waals surface area contributed by atoms with Gasteiger partial charge in [-0.25, -0.2) is 20.0 Å². The van der Waals surface area contributed by atoms with Crippen molar-refractivity contribution in [1.82, 2.24) is 29.9 Å². The van der Waals surface area contributed by atoms with Crippen molar-refractivity contribution in [3.8, 4) is 0 Å². The number of hydrogen-bond donors (Lipinski definition) is 8. The first-order chi connectivity index (χ1) is 26.9. The molecule has 0 amide bonds. The predicted octanol–water partition coefficient (Wildman–Crippen LogP) is 3.09. The Morgan fingerprint density at radius 2 is 0.786 bits per heavy atom. The second-order valence-corrected chi connectivity index (χ2v) is 14.4. The Morgan fingerprint density at radius 3 is 1.11 bits per heavy atom. The van der Waals surface area contributed by atoms with Crippen molar-refractivity contribution >= 4 is 55.1 Å². The van der Waals surface area contributed by atoms with Gasteiger partial charge in [-0.3, -0.25) is 49.0 Å². The number of H-pyrrole nitrogens is 6. The normalized spacial score (nSPS) is 14.4. The highest BCUT2D eigenvalue weighted by Gasteiger charge is 2.17. The highest BCUT2D eigenvalue weighted by atomic mass is 32.2. The van der Waals surface area contributed by atoms with E-state index in [-0.39, 0.29) is 33.7 Å². The third-order valence-electron chi connectivity index (χ3n) is 7.52. The van der Waals surface area contributed by atoms with Crippen LogP contribution >= 0.6 is 0 Å². The summed E-state index contributed by atoms with van der Waals surface area (Å²) >= 11 is 0. The minimum atomic E-state index is -4.81. The Labute approximate surface area is 318 Å². The van der Waals surface area contributed by atoms with E-state index in [0.717, 1.165) is 12.1 Å². The van der Waals surface area contributed by atoms with Crippen LogP contribution in [-0.4, -0.2) is 68.9 Å². The standard InChI is InChI=1S/C36H36N12O6S2/c1-3-37-31-43-33(39-25-11-7-5-8-12-25)47-35(45-31)41-27-19-17-23(29(21-27)55(49,50)51)15-16-24-18-20-28(22-30(24)56(52,53)54)42-36-46-32(38-4-2)44-34(48-36)40-26-13-9-6-10-14-26/h5-22H,3-4H2,1-2H3,(H,49,50,51)(H,52,53,54)(H3,37,39,41,43,45,47)(H3,38,40,42,44,46,48). The molecule has 6 rings (SSSR count). The van der Waals surface area contributed by atoms with Crippen molar-refractivity contribution in [3.63, 3.8) is 0 Å². The second-order valence-electron chi connectivity index (χ2n) is 11.6. The van der Waals surface area contributed by atoms with Crippen molar-refractivity contribution in [2.24, 2.45) is 30.0 Å². The lowest BCUT2D eigenvalue weighted by Gasteiger charge is -2.07. The van der Waals surface area contributed by atoms with Gasteiger partial charge in [0.1, 0.15) is 9.79 Å². The van der Waals surface area contributed by atoms with Crippen LogP contribution in [0.25, 0.3) is 12.2 Å². The minimum absolute atomic E-state index is 0.00364. The van der Waals surface area contributed by atoms with E-state index in [9.17, 15) is 25.9 Å². The maximum Gasteiger partial charge on any atom is 0.295 e. The highest BCUT2D eigenvalue weighted by molar-refractivity contribution is 7.86. The van der Waals surface area contributed by atoms with Gasteiger partial charge in [-0.15, -0.1) is 0 Å². The zero-order valence-corrected chi connectivity index (χ0v) is 31.5. The van der Waals surface area contributed by atoms with E-state index in [2.05, 4.69) is 59.9 Å². The molecule has 0 fully saturated rings. The molecule has 0 atom stereocenters. The molecule has 4 aromatic carbocycles. The predicted molar refractivity (Wildman–Crippen MR) is 206 cm³/mol. The van der Waals surface area contributed by atoms with Gasteiger partial charge in [-0.1, -0.05) is 60.7 Å². The summed E-state index contributed by atoms with van der Waals surface area (Å²) in [7, 11) is -9.62. The number of aromatic nitrogens is 6. The molecule has 0 bridgehead atoms. The van der Waals surface area contributed by atoms with Crippen LogP contribution in [0.1, 0.15) is 25.0 Å². The molecule has 8 N–H and O–H groups in total. The monoisotopic (exact) mass is 796 g/mol. The Balaban J connectivity index is 1.39. The Hall–Kier alpha value is -6.74. The van der Waals surface area contributed by atoms with E-state index in [1.54, 1.807) is 24.3 Å². The molecule has 0 radical (unpaired) electrons. The van der Waals surface area contributed by atoms with E-state index >= 15 is 0 Å². The van der Waals surface area contributed by atoms with E-state index in [1.807, 2.05) is 50.2 Å². The van der Waals surface area contributed by atoms with Crippen LogP contribution in [0.4, 0.5) is 22.7 Å². The van der Waals surface area contributed by atoms with E-state index in [0.29, 0.717) is 46.9 Å². The molecular weight excluding hydrogens is 761 g/mol.